The summed E-state index contributed by atoms with van der Waals surface area (Å²) in [5.74, 6) is 0.365. The molecular weight excluding hydrogens is 551 g/mol. The molecule has 0 saturated heterocycles. The van der Waals surface area contributed by atoms with Gasteiger partial charge in [-0.25, -0.2) is 15.0 Å². The van der Waals surface area contributed by atoms with Gasteiger partial charge in [0, 0.05) is 24.2 Å². The molecule has 6 nitrogen and oxygen atoms in total. The van der Waals surface area contributed by atoms with Crippen molar-refractivity contribution >= 4 is 41.3 Å². The zero-order chi connectivity index (χ0) is 21.5. The summed E-state index contributed by atoms with van der Waals surface area (Å²) in [6.45, 7) is 2.60. The molecule has 0 atom stereocenters. The molecular formula is C16H18F6IN5OS. The Morgan fingerprint density at radius 3 is 2.40 bits per heavy atom. The lowest BCUT2D eigenvalue weighted by atomic mass is 10.3. The predicted octanol–water partition coefficient (Wildman–Crippen LogP) is 4.33. The summed E-state index contributed by atoms with van der Waals surface area (Å²) >= 11 is 0.858. The predicted molar refractivity (Wildman–Crippen MR) is 110 cm³/mol. The summed E-state index contributed by atoms with van der Waals surface area (Å²) in [4.78, 5) is 11.2. The number of pyridine rings is 1. The van der Waals surface area contributed by atoms with Crippen LogP contribution in [0.1, 0.15) is 23.2 Å². The normalized spacial score (nSPS) is 12.3. The van der Waals surface area contributed by atoms with E-state index in [2.05, 4.69) is 25.6 Å². The lowest BCUT2D eigenvalue weighted by molar-refractivity contribution is -0.141. The maximum atomic E-state index is 12.6. The van der Waals surface area contributed by atoms with Crippen LogP contribution in [0.25, 0.3) is 0 Å². The number of hydrogen-bond acceptors (Lipinski definition) is 5. The van der Waals surface area contributed by atoms with Gasteiger partial charge in [-0.15, -0.1) is 35.3 Å². The molecule has 30 heavy (non-hydrogen) atoms. The van der Waals surface area contributed by atoms with Crippen LogP contribution in [-0.4, -0.2) is 35.6 Å². The van der Waals surface area contributed by atoms with Gasteiger partial charge in [0.05, 0.1) is 18.7 Å². The highest BCUT2D eigenvalue weighted by Crippen LogP contribution is 2.30. The Balaban J connectivity index is 0.00000450. The first-order valence-electron chi connectivity index (χ1n) is 8.29. The number of nitrogens with zero attached hydrogens (tertiary/aromatic N) is 3. The molecule has 2 aromatic heterocycles. The van der Waals surface area contributed by atoms with Gasteiger partial charge in [-0.3, -0.25) is 0 Å². The Bertz CT molecular complexity index is 810. The fraction of sp³-hybridized carbons (Fsp3) is 0.438. The number of halogens is 7. The van der Waals surface area contributed by atoms with E-state index in [1.54, 1.807) is 0 Å². The van der Waals surface area contributed by atoms with Crippen molar-refractivity contribution in [3.8, 4) is 5.88 Å². The Morgan fingerprint density at radius 1 is 1.13 bits per heavy atom. The summed E-state index contributed by atoms with van der Waals surface area (Å²) in [5, 5.41) is 6.94. The van der Waals surface area contributed by atoms with Gasteiger partial charge in [0.2, 0.25) is 5.88 Å². The van der Waals surface area contributed by atoms with Gasteiger partial charge >= 0.3 is 12.4 Å². The van der Waals surface area contributed by atoms with Gasteiger partial charge in [-0.05, 0) is 13.0 Å². The minimum atomic E-state index is -4.50. The summed E-state index contributed by atoms with van der Waals surface area (Å²) in [6, 6.07) is 1.98. The number of ether oxygens (including phenoxy) is 1. The van der Waals surface area contributed by atoms with Crippen molar-refractivity contribution < 1.29 is 31.1 Å². The van der Waals surface area contributed by atoms with Crippen molar-refractivity contribution in [3.05, 3.63) is 40.0 Å². The molecule has 0 unspecified atom stereocenters. The van der Waals surface area contributed by atoms with Gasteiger partial charge < -0.3 is 15.4 Å². The van der Waals surface area contributed by atoms with Crippen LogP contribution in [0, 0.1) is 0 Å². The van der Waals surface area contributed by atoms with E-state index in [9.17, 15) is 26.3 Å². The fourth-order valence-electron chi connectivity index (χ4n) is 1.96. The first kappa shape index (κ1) is 26.2. The van der Waals surface area contributed by atoms with Crippen molar-refractivity contribution in [1.82, 2.24) is 20.6 Å². The van der Waals surface area contributed by atoms with Gasteiger partial charge in [0.15, 0.2) is 11.7 Å². The van der Waals surface area contributed by atoms with Gasteiger partial charge in [-0.1, -0.05) is 0 Å². The molecule has 0 aliphatic heterocycles. The second kappa shape index (κ2) is 11.5. The second-order valence-electron chi connectivity index (χ2n) is 5.48. The molecule has 0 aliphatic carbocycles. The summed E-state index contributed by atoms with van der Waals surface area (Å²) in [7, 11) is 0. The van der Waals surface area contributed by atoms with E-state index in [0.29, 0.717) is 18.7 Å². The van der Waals surface area contributed by atoms with Crippen LogP contribution in [0.15, 0.2) is 28.7 Å². The van der Waals surface area contributed by atoms with E-state index < -0.39 is 23.6 Å². The minimum absolute atomic E-state index is 0. The molecule has 0 fully saturated rings. The fourth-order valence-corrected chi connectivity index (χ4v) is 2.68. The van der Waals surface area contributed by atoms with Crippen LogP contribution in [-0.2, 0) is 18.9 Å². The van der Waals surface area contributed by atoms with Crippen molar-refractivity contribution in [1.29, 1.82) is 0 Å². The molecule has 2 N–H and O–H groups in total. The van der Waals surface area contributed by atoms with E-state index in [0.717, 1.165) is 28.8 Å². The third-order valence-electron chi connectivity index (χ3n) is 3.27. The van der Waals surface area contributed by atoms with Crippen LogP contribution < -0.4 is 15.4 Å². The average Bonchev–Trinajstić information content (AvgIpc) is 3.12. The zero-order valence-electron chi connectivity index (χ0n) is 15.5. The smallest absolute Gasteiger partial charge is 0.434 e. The average molecular weight is 569 g/mol. The quantitative estimate of drug-likeness (QED) is 0.171. The number of aromatic nitrogens is 2. The van der Waals surface area contributed by atoms with Gasteiger partial charge in [-0.2, -0.15) is 26.3 Å². The molecule has 0 bridgehead atoms. The molecule has 0 aliphatic rings. The second-order valence-corrected chi connectivity index (χ2v) is 6.42. The Kier molecular flexibility index (Phi) is 10.1. The van der Waals surface area contributed by atoms with Crippen LogP contribution in [0.5, 0.6) is 5.88 Å². The number of thiazole rings is 1. The van der Waals surface area contributed by atoms with E-state index in [4.69, 9.17) is 4.74 Å². The van der Waals surface area contributed by atoms with Crippen LogP contribution >= 0.6 is 35.3 Å². The molecule has 2 rings (SSSR count). The number of rotatable bonds is 7. The van der Waals surface area contributed by atoms with E-state index in [1.807, 2.05) is 6.92 Å². The van der Waals surface area contributed by atoms with Crippen molar-refractivity contribution in [2.45, 2.75) is 25.8 Å². The van der Waals surface area contributed by atoms with Crippen LogP contribution in [0.4, 0.5) is 26.3 Å². The lowest BCUT2D eigenvalue weighted by Gasteiger charge is -2.12. The summed E-state index contributed by atoms with van der Waals surface area (Å²) < 4.78 is 80.3. The Labute approximate surface area is 189 Å². The highest BCUT2D eigenvalue weighted by Gasteiger charge is 2.33. The lowest BCUT2D eigenvalue weighted by Crippen LogP contribution is -2.39. The Hall–Kier alpha value is -1.84. The maximum Gasteiger partial charge on any atom is 0.434 e. The number of aliphatic imine (C=N–C) groups is 1. The molecule has 2 aromatic rings. The number of nitrogens with one attached hydrogen (secondary N) is 2. The number of alkyl halides is 6. The number of guanidine groups is 1. The molecule has 14 heteroatoms. The molecule has 0 amide bonds. The standard InChI is InChI=1S/C16H17F6N5OS.HI/c1-2-23-14(26-8-13-27-11(9-29-13)16(20,21)22)24-5-6-28-12-4-3-10(7-25-12)15(17,18)19;/h3-4,7,9H,2,5-6,8H2,1H3,(H2,23,24,26);1H. The highest BCUT2D eigenvalue weighted by atomic mass is 127. The molecule has 2 heterocycles. The molecule has 0 aromatic carbocycles. The molecule has 0 radical (unpaired) electrons. The third kappa shape index (κ3) is 8.49. The zero-order valence-corrected chi connectivity index (χ0v) is 18.6. The highest BCUT2D eigenvalue weighted by molar-refractivity contribution is 14.0. The van der Waals surface area contributed by atoms with Crippen molar-refractivity contribution in [2.75, 3.05) is 19.7 Å². The molecule has 168 valence electrons. The van der Waals surface area contributed by atoms with E-state index >= 15 is 0 Å². The van der Waals surface area contributed by atoms with Crippen LogP contribution in [0.3, 0.4) is 0 Å². The first-order chi connectivity index (χ1) is 13.6. The maximum absolute atomic E-state index is 12.6. The molecule has 0 saturated carbocycles. The van der Waals surface area contributed by atoms with E-state index in [1.165, 1.54) is 0 Å². The minimum Gasteiger partial charge on any atom is -0.476 e. The monoisotopic (exact) mass is 569 g/mol. The van der Waals surface area contributed by atoms with Gasteiger partial charge in [0.25, 0.3) is 0 Å². The Morgan fingerprint density at radius 2 is 1.87 bits per heavy atom. The van der Waals surface area contributed by atoms with Crippen LogP contribution in [0.2, 0.25) is 0 Å². The van der Waals surface area contributed by atoms with E-state index in [-0.39, 0.29) is 54.6 Å². The third-order valence-corrected chi connectivity index (χ3v) is 4.10. The summed E-state index contributed by atoms with van der Waals surface area (Å²) in [6.07, 6.45) is -8.29. The SMILES string of the molecule is CCNC(=NCc1nc(C(F)(F)F)cs1)NCCOc1ccc(C(F)(F)F)cn1.I. The number of hydrogen-bond donors (Lipinski definition) is 2. The van der Waals surface area contributed by atoms with Crippen molar-refractivity contribution in [3.63, 3.8) is 0 Å². The topological polar surface area (TPSA) is 71.4 Å². The largest absolute Gasteiger partial charge is 0.476 e. The first-order valence-corrected chi connectivity index (χ1v) is 9.17. The van der Waals surface area contributed by atoms with Gasteiger partial charge in [0.1, 0.15) is 11.6 Å². The molecule has 0 spiro atoms. The summed E-state index contributed by atoms with van der Waals surface area (Å²) in [5.41, 5.74) is -1.83. The van der Waals surface area contributed by atoms with Crippen molar-refractivity contribution in [2.24, 2.45) is 4.99 Å².